The molecule has 0 aliphatic rings. The number of likely N-dealkylation sites (N-methyl/N-ethyl adjacent to an activating group) is 1. The molecule has 0 bridgehead atoms. The molecule has 100 valence electrons. The average Bonchev–Trinajstić information content (AvgIpc) is 2.27. The molecule has 1 aromatic rings. The zero-order valence-electron chi connectivity index (χ0n) is 10.1. The molecule has 0 aliphatic heterocycles. The number of alkyl halides is 3. The van der Waals surface area contributed by atoms with Crippen molar-refractivity contribution < 1.29 is 22.7 Å². The first-order valence-electron chi connectivity index (χ1n) is 5.33. The maximum atomic E-state index is 12.1. The molecule has 1 amide bonds. The first kappa shape index (κ1) is 14.3. The van der Waals surface area contributed by atoms with E-state index in [1.54, 1.807) is 30.3 Å². The SMILES string of the molecule is C[C@H](Oc1ccccc1)C(=O)N(C)CC(F)(F)F. The van der Waals surface area contributed by atoms with Crippen LogP contribution in [0.3, 0.4) is 0 Å². The highest BCUT2D eigenvalue weighted by Crippen LogP contribution is 2.17. The summed E-state index contributed by atoms with van der Waals surface area (Å²) in [4.78, 5) is 12.2. The fourth-order valence-electron chi connectivity index (χ4n) is 1.41. The Bertz CT molecular complexity index is 392. The highest BCUT2D eigenvalue weighted by Gasteiger charge is 2.32. The van der Waals surface area contributed by atoms with Gasteiger partial charge >= 0.3 is 6.18 Å². The summed E-state index contributed by atoms with van der Waals surface area (Å²) in [6, 6.07) is 8.47. The quantitative estimate of drug-likeness (QED) is 0.833. The largest absolute Gasteiger partial charge is 0.481 e. The Morgan fingerprint density at radius 3 is 2.39 bits per heavy atom. The van der Waals surface area contributed by atoms with Crippen molar-refractivity contribution in [3.05, 3.63) is 30.3 Å². The molecular weight excluding hydrogens is 247 g/mol. The topological polar surface area (TPSA) is 29.5 Å². The van der Waals surface area contributed by atoms with Crippen LogP contribution in [0, 0.1) is 0 Å². The number of carbonyl (C=O) groups is 1. The van der Waals surface area contributed by atoms with Gasteiger partial charge in [-0.25, -0.2) is 0 Å². The average molecular weight is 261 g/mol. The number of halogens is 3. The predicted octanol–water partition coefficient (Wildman–Crippen LogP) is 2.47. The number of nitrogens with zero attached hydrogens (tertiary/aromatic N) is 1. The van der Waals surface area contributed by atoms with Gasteiger partial charge in [-0.05, 0) is 19.1 Å². The molecule has 3 nitrogen and oxygen atoms in total. The van der Waals surface area contributed by atoms with Crippen LogP contribution in [0.4, 0.5) is 13.2 Å². The van der Waals surface area contributed by atoms with E-state index in [-0.39, 0.29) is 0 Å². The van der Waals surface area contributed by atoms with Crippen LogP contribution in [0.1, 0.15) is 6.92 Å². The molecule has 0 fully saturated rings. The summed E-state index contributed by atoms with van der Waals surface area (Å²) in [5.74, 6) is -0.269. The predicted molar refractivity (Wildman–Crippen MR) is 60.2 cm³/mol. The van der Waals surface area contributed by atoms with E-state index in [0.717, 1.165) is 7.05 Å². The van der Waals surface area contributed by atoms with E-state index in [1.807, 2.05) is 0 Å². The molecule has 0 aromatic heterocycles. The van der Waals surface area contributed by atoms with Gasteiger partial charge < -0.3 is 9.64 Å². The Hall–Kier alpha value is -1.72. The summed E-state index contributed by atoms with van der Waals surface area (Å²) in [5.41, 5.74) is 0. The van der Waals surface area contributed by atoms with Gasteiger partial charge in [-0.3, -0.25) is 4.79 Å². The van der Waals surface area contributed by atoms with Gasteiger partial charge in [-0.1, -0.05) is 18.2 Å². The third kappa shape index (κ3) is 4.65. The summed E-state index contributed by atoms with van der Waals surface area (Å²) in [5, 5.41) is 0. The van der Waals surface area contributed by atoms with Crippen molar-refractivity contribution in [1.29, 1.82) is 0 Å². The maximum absolute atomic E-state index is 12.1. The van der Waals surface area contributed by atoms with Crippen molar-refractivity contribution in [2.45, 2.75) is 19.2 Å². The lowest BCUT2D eigenvalue weighted by atomic mass is 10.3. The van der Waals surface area contributed by atoms with Crippen LogP contribution in [-0.2, 0) is 4.79 Å². The smallest absolute Gasteiger partial charge is 0.406 e. The normalized spacial score (nSPS) is 12.9. The first-order valence-corrected chi connectivity index (χ1v) is 5.33. The molecule has 0 aliphatic carbocycles. The van der Waals surface area contributed by atoms with Crippen molar-refractivity contribution >= 4 is 5.91 Å². The lowest BCUT2D eigenvalue weighted by molar-refractivity contribution is -0.162. The second kappa shape index (κ2) is 5.75. The van der Waals surface area contributed by atoms with E-state index in [1.165, 1.54) is 6.92 Å². The molecular formula is C12H14F3NO2. The Morgan fingerprint density at radius 2 is 1.89 bits per heavy atom. The Balaban J connectivity index is 2.56. The van der Waals surface area contributed by atoms with E-state index in [4.69, 9.17) is 4.74 Å². The number of hydrogen-bond acceptors (Lipinski definition) is 2. The second-order valence-corrected chi connectivity index (χ2v) is 3.88. The molecule has 0 radical (unpaired) electrons. The van der Waals surface area contributed by atoms with Crippen LogP contribution in [0.25, 0.3) is 0 Å². The van der Waals surface area contributed by atoms with E-state index in [0.29, 0.717) is 10.6 Å². The van der Waals surface area contributed by atoms with Gasteiger partial charge in [0.1, 0.15) is 12.3 Å². The monoisotopic (exact) mass is 261 g/mol. The highest BCUT2D eigenvalue weighted by atomic mass is 19.4. The second-order valence-electron chi connectivity index (χ2n) is 3.88. The zero-order valence-corrected chi connectivity index (χ0v) is 10.1. The van der Waals surface area contributed by atoms with Gasteiger partial charge in [-0.15, -0.1) is 0 Å². The van der Waals surface area contributed by atoms with E-state index in [9.17, 15) is 18.0 Å². The minimum atomic E-state index is -4.41. The number of ether oxygens (including phenoxy) is 1. The van der Waals surface area contributed by atoms with Crippen LogP contribution in [0.15, 0.2) is 30.3 Å². The van der Waals surface area contributed by atoms with E-state index >= 15 is 0 Å². The molecule has 0 N–H and O–H groups in total. The van der Waals surface area contributed by atoms with Crippen LogP contribution >= 0.6 is 0 Å². The number of carbonyl (C=O) groups excluding carboxylic acids is 1. The van der Waals surface area contributed by atoms with Gasteiger partial charge in [0.25, 0.3) is 5.91 Å². The third-order valence-corrected chi connectivity index (χ3v) is 2.20. The van der Waals surface area contributed by atoms with Crippen molar-refractivity contribution in [3.8, 4) is 5.75 Å². The molecule has 0 heterocycles. The van der Waals surface area contributed by atoms with Gasteiger partial charge in [0.2, 0.25) is 0 Å². The van der Waals surface area contributed by atoms with Crippen molar-refractivity contribution in [3.63, 3.8) is 0 Å². The number of amides is 1. The fourth-order valence-corrected chi connectivity index (χ4v) is 1.41. The van der Waals surface area contributed by atoms with Crippen LogP contribution < -0.4 is 4.74 Å². The summed E-state index contributed by atoms with van der Waals surface area (Å²) >= 11 is 0. The standard InChI is InChI=1S/C12H14F3NO2/c1-9(18-10-6-4-3-5-7-10)11(17)16(2)8-12(13,14)15/h3-7,9H,8H2,1-2H3/t9-/m0/s1. The molecule has 0 unspecified atom stereocenters. The third-order valence-electron chi connectivity index (χ3n) is 2.20. The minimum absolute atomic E-state index is 0.443. The summed E-state index contributed by atoms with van der Waals surface area (Å²) in [6.45, 7) is 0.135. The van der Waals surface area contributed by atoms with Crippen LogP contribution in [0.5, 0.6) is 5.75 Å². The zero-order chi connectivity index (χ0) is 13.8. The molecule has 18 heavy (non-hydrogen) atoms. The molecule has 1 aromatic carbocycles. The molecule has 1 atom stereocenters. The summed E-state index contributed by atoms with van der Waals surface area (Å²) < 4.78 is 41.6. The maximum Gasteiger partial charge on any atom is 0.406 e. The molecule has 6 heteroatoms. The van der Waals surface area contributed by atoms with Gasteiger partial charge in [0.15, 0.2) is 6.10 Å². The number of hydrogen-bond donors (Lipinski definition) is 0. The molecule has 0 saturated heterocycles. The highest BCUT2D eigenvalue weighted by molar-refractivity contribution is 5.80. The van der Waals surface area contributed by atoms with E-state index in [2.05, 4.69) is 0 Å². The first-order chi connectivity index (χ1) is 8.29. The fraction of sp³-hybridized carbons (Fsp3) is 0.417. The number of para-hydroxylation sites is 1. The number of rotatable bonds is 4. The van der Waals surface area contributed by atoms with Crippen molar-refractivity contribution in [2.24, 2.45) is 0 Å². The Labute approximate surface area is 103 Å². The molecule has 0 spiro atoms. The molecule has 1 rings (SSSR count). The van der Waals surface area contributed by atoms with E-state index < -0.39 is 24.7 Å². The summed E-state index contributed by atoms with van der Waals surface area (Å²) in [7, 11) is 1.10. The van der Waals surface area contributed by atoms with Crippen molar-refractivity contribution in [1.82, 2.24) is 4.90 Å². The number of benzene rings is 1. The van der Waals surface area contributed by atoms with Crippen molar-refractivity contribution in [2.75, 3.05) is 13.6 Å². The lowest BCUT2D eigenvalue weighted by Gasteiger charge is -2.23. The van der Waals surface area contributed by atoms with Gasteiger partial charge in [0.05, 0.1) is 0 Å². The minimum Gasteiger partial charge on any atom is -0.481 e. The molecule has 0 saturated carbocycles. The van der Waals surface area contributed by atoms with Gasteiger partial charge in [0, 0.05) is 7.05 Å². The lowest BCUT2D eigenvalue weighted by Crippen LogP contribution is -2.42. The van der Waals surface area contributed by atoms with Crippen LogP contribution in [0.2, 0.25) is 0 Å². The van der Waals surface area contributed by atoms with Crippen LogP contribution in [-0.4, -0.2) is 36.7 Å². The Morgan fingerprint density at radius 1 is 1.33 bits per heavy atom. The Kier molecular flexibility index (Phi) is 4.58. The summed E-state index contributed by atoms with van der Waals surface area (Å²) in [6.07, 6.45) is -5.36. The van der Waals surface area contributed by atoms with Gasteiger partial charge in [-0.2, -0.15) is 13.2 Å².